The summed E-state index contributed by atoms with van der Waals surface area (Å²) in [6.07, 6.45) is 3.45. The number of nitrogens with zero attached hydrogens (tertiary/aromatic N) is 4. The minimum absolute atomic E-state index is 0.244. The highest BCUT2D eigenvalue weighted by molar-refractivity contribution is 5.77. The lowest BCUT2D eigenvalue weighted by atomic mass is 9.79. The average Bonchev–Trinajstić information content (AvgIpc) is 3.09. The molecule has 0 aromatic carbocycles. The number of aryl methyl sites for hydroxylation is 1. The number of carbonyl (C=O) groups excluding carboxylic acids is 1. The number of hydrogen-bond acceptors (Lipinski definition) is 6. The minimum Gasteiger partial charge on any atom is -0.469 e. The second kappa shape index (κ2) is 5.01. The van der Waals surface area contributed by atoms with Crippen LogP contribution < -0.4 is 5.73 Å². The number of aromatic nitrogens is 4. The summed E-state index contributed by atoms with van der Waals surface area (Å²) in [5.41, 5.74) is 5.12. The van der Waals surface area contributed by atoms with Gasteiger partial charge in [0.1, 0.15) is 0 Å². The van der Waals surface area contributed by atoms with Crippen molar-refractivity contribution in [1.82, 2.24) is 20.2 Å². The summed E-state index contributed by atoms with van der Waals surface area (Å²) < 4.78 is 4.91. The van der Waals surface area contributed by atoms with E-state index in [-0.39, 0.29) is 12.5 Å². The van der Waals surface area contributed by atoms with Crippen LogP contribution in [0.1, 0.15) is 25.1 Å². The van der Waals surface area contributed by atoms with E-state index in [1.165, 1.54) is 11.9 Å². The number of carbonyl (C=O) groups is 1. The van der Waals surface area contributed by atoms with Gasteiger partial charge in [0, 0.05) is 13.0 Å². The van der Waals surface area contributed by atoms with Gasteiger partial charge < -0.3 is 10.5 Å². The van der Waals surface area contributed by atoms with Gasteiger partial charge in [-0.05, 0) is 17.6 Å². The molecule has 0 amide bonds. The first-order valence-corrected chi connectivity index (χ1v) is 6.11. The zero-order valence-corrected chi connectivity index (χ0v) is 10.8. The van der Waals surface area contributed by atoms with Gasteiger partial charge >= 0.3 is 5.97 Å². The molecule has 1 aromatic rings. The lowest BCUT2D eigenvalue weighted by Crippen LogP contribution is -2.42. The number of methoxy groups -OCH3 is 1. The van der Waals surface area contributed by atoms with E-state index in [1.54, 1.807) is 7.05 Å². The first-order chi connectivity index (χ1) is 8.59. The number of tetrazole rings is 1. The molecule has 0 aliphatic heterocycles. The van der Waals surface area contributed by atoms with Crippen molar-refractivity contribution in [3.8, 4) is 0 Å². The quantitative estimate of drug-likeness (QED) is 0.697. The van der Waals surface area contributed by atoms with Crippen LogP contribution in [0.2, 0.25) is 0 Å². The van der Waals surface area contributed by atoms with Crippen LogP contribution in [0.25, 0.3) is 0 Å². The molecule has 100 valence electrons. The van der Waals surface area contributed by atoms with E-state index in [1.807, 2.05) is 0 Å². The van der Waals surface area contributed by atoms with Crippen molar-refractivity contribution in [1.29, 1.82) is 0 Å². The molecule has 1 fully saturated rings. The van der Waals surface area contributed by atoms with E-state index >= 15 is 0 Å². The number of hydrogen-bond donors (Lipinski definition) is 1. The van der Waals surface area contributed by atoms with Gasteiger partial charge in [-0.1, -0.05) is 12.8 Å². The zero-order chi connectivity index (χ0) is 13.2. The molecule has 18 heavy (non-hydrogen) atoms. The maximum atomic E-state index is 12.1. The molecule has 1 heterocycles. The SMILES string of the molecule is COC(=O)C(CN)(Cc1nnn(C)n1)CC1CC1. The molecule has 1 aliphatic rings. The largest absolute Gasteiger partial charge is 0.469 e. The van der Waals surface area contributed by atoms with Crippen molar-refractivity contribution < 1.29 is 9.53 Å². The summed E-state index contributed by atoms with van der Waals surface area (Å²) in [5.74, 6) is 0.836. The van der Waals surface area contributed by atoms with Crippen LogP contribution in [-0.4, -0.2) is 39.8 Å². The molecule has 1 saturated carbocycles. The summed E-state index contributed by atoms with van der Waals surface area (Å²) in [6.45, 7) is 0.244. The standard InChI is InChI=1S/C11H19N5O2/c1-16-14-9(13-15-16)6-11(7-12,10(17)18-2)5-8-3-4-8/h8H,3-7,12H2,1-2H3. The first-order valence-electron chi connectivity index (χ1n) is 6.11. The average molecular weight is 253 g/mol. The maximum absolute atomic E-state index is 12.1. The van der Waals surface area contributed by atoms with Crippen molar-refractivity contribution in [2.45, 2.75) is 25.7 Å². The second-order valence-corrected chi connectivity index (χ2v) is 5.00. The molecule has 1 atom stereocenters. The van der Waals surface area contributed by atoms with Crippen molar-refractivity contribution in [3.05, 3.63) is 5.82 Å². The third-order valence-corrected chi connectivity index (χ3v) is 3.43. The topological polar surface area (TPSA) is 95.9 Å². The van der Waals surface area contributed by atoms with E-state index in [0.29, 0.717) is 18.2 Å². The van der Waals surface area contributed by atoms with Crippen molar-refractivity contribution in [2.75, 3.05) is 13.7 Å². The Bertz CT molecular complexity index is 429. The summed E-state index contributed by atoms with van der Waals surface area (Å²) >= 11 is 0. The van der Waals surface area contributed by atoms with E-state index in [2.05, 4.69) is 15.4 Å². The summed E-state index contributed by atoms with van der Waals surface area (Å²) in [7, 11) is 3.09. The Hall–Kier alpha value is -1.50. The fraction of sp³-hybridized carbons (Fsp3) is 0.818. The zero-order valence-electron chi connectivity index (χ0n) is 10.8. The minimum atomic E-state index is -0.709. The molecule has 1 aliphatic carbocycles. The van der Waals surface area contributed by atoms with Crippen molar-refractivity contribution in [2.24, 2.45) is 24.1 Å². The van der Waals surface area contributed by atoms with Crippen molar-refractivity contribution >= 4 is 5.97 Å². The molecule has 0 bridgehead atoms. The fourth-order valence-electron chi connectivity index (χ4n) is 2.25. The first kappa shape index (κ1) is 12.9. The highest BCUT2D eigenvalue weighted by atomic mass is 16.5. The molecule has 1 unspecified atom stereocenters. The van der Waals surface area contributed by atoms with Gasteiger partial charge in [-0.15, -0.1) is 10.2 Å². The molecular weight excluding hydrogens is 234 g/mol. The number of ether oxygens (including phenoxy) is 1. The molecule has 2 N–H and O–H groups in total. The van der Waals surface area contributed by atoms with Gasteiger partial charge in [0.25, 0.3) is 0 Å². The van der Waals surface area contributed by atoms with Crippen LogP contribution in [0.4, 0.5) is 0 Å². The molecule has 7 nitrogen and oxygen atoms in total. The van der Waals surface area contributed by atoms with Gasteiger partial charge in [0.15, 0.2) is 5.82 Å². The molecule has 0 spiro atoms. The van der Waals surface area contributed by atoms with Crippen LogP contribution in [-0.2, 0) is 23.0 Å². The molecular formula is C11H19N5O2. The van der Waals surface area contributed by atoms with Gasteiger partial charge in [-0.2, -0.15) is 4.80 Å². The molecule has 2 rings (SSSR count). The molecule has 0 radical (unpaired) electrons. The van der Waals surface area contributed by atoms with E-state index in [0.717, 1.165) is 19.3 Å². The van der Waals surface area contributed by atoms with Gasteiger partial charge in [-0.25, -0.2) is 0 Å². The fourth-order valence-corrected chi connectivity index (χ4v) is 2.25. The smallest absolute Gasteiger partial charge is 0.313 e. The highest BCUT2D eigenvalue weighted by Gasteiger charge is 2.44. The normalized spacial score (nSPS) is 18.4. The third kappa shape index (κ3) is 2.66. The third-order valence-electron chi connectivity index (χ3n) is 3.43. The number of nitrogens with two attached hydrogens (primary N) is 1. The Morgan fingerprint density at radius 1 is 1.61 bits per heavy atom. The lowest BCUT2D eigenvalue weighted by Gasteiger charge is -2.28. The molecule has 1 aromatic heterocycles. The monoisotopic (exact) mass is 253 g/mol. The van der Waals surface area contributed by atoms with Crippen LogP contribution in [0, 0.1) is 11.3 Å². The Kier molecular flexibility index (Phi) is 3.60. The maximum Gasteiger partial charge on any atom is 0.313 e. The van der Waals surface area contributed by atoms with Crippen LogP contribution in [0.3, 0.4) is 0 Å². The second-order valence-electron chi connectivity index (χ2n) is 5.00. The summed E-state index contributed by atoms with van der Waals surface area (Å²) in [6, 6.07) is 0. The molecule has 7 heteroatoms. The predicted octanol–water partition coefficient (Wildman–Crippen LogP) is -0.329. The van der Waals surface area contributed by atoms with Crippen LogP contribution in [0.15, 0.2) is 0 Å². The van der Waals surface area contributed by atoms with Crippen molar-refractivity contribution in [3.63, 3.8) is 0 Å². The predicted molar refractivity (Wildman–Crippen MR) is 63.3 cm³/mol. The number of esters is 1. The highest BCUT2D eigenvalue weighted by Crippen LogP contribution is 2.42. The Morgan fingerprint density at radius 3 is 2.78 bits per heavy atom. The summed E-state index contributed by atoms with van der Waals surface area (Å²) in [5, 5.41) is 11.8. The van der Waals surface area contributed by atoms with Crippen LogP contribution in [0.5, 0.6) is 0 Å². The van der Waals surface area contributed by atoms with Gasteiger partial charge in [0.2, 0.25) is 0 Å². The van der Waals surface area contributed by atoms with E-state index in [4.69, 9.17) is 10.5 Å². The van der Waals surface area contributed by atoms with Crippen LogP contribution >= 0.6 is 0 Å². The number of rotatable bonds is 6. The van der Waals surface area contributed by atoms with E-state index < -0.39 is 5.41 Å². The Labute approximate surface area is 106 Å². The Morgan fingerprint density at radius 2 is 2.33 bits per heavy atom. The summed E-state index contributed by atoms with van der Waals surface area (Å²) in [4.78, 5) is 13.4. The van der Waals surface area contributed by atoms with E-state index in [9.17, 15) is 4.79 Å². The van der Waals surface area contributed by atoms with Gasteiger partial charge in [0.05, 0.1) is 19.6 Å². The van der Waals surface area contributed by atoms with Gasteiger partial charge in [-0.3, -0.25) is 4.79 Å². The Balaban J connectivity index is 2.18. The lowest BCUT2D eigenvalue weighted by molar-refractivity contribution is -0.153. The molecule has 0 saturated heterocycles.